The summed E-state index contributed by atoms with van der Waals surface area (Å²) in [6.07, 6.45) is 0.241. The third kappa shape index (κ3) is 5.75. The Balaban J connectivity index is 0.00000261. The number of nitrogens with zero attached hydrogens (tertiary/aromatic N) is 2. The van der Waals surface area contributed by atoms with Crippen LogP contribution in [-0.4, -0.2) is 34.8 Å². The molecule has 1 saturated heterocycles. The van der Waals surface area contributed by atoms with Crippen LogP contribution in [0.1, 0.15) is 6.42 Å². The maximum Gasteiger partial charge on any atom is 0.226 e. The molecule has 1 fully saturated rings. The second-order valence-electron chi connectivity index (χ2n) is 5.82. The van der Waals surface area contributed by atoms with Crippen LogP contribution in [0, 0.1) is 5.82 Å². The minimum atomic E-state index is -0.551. The molecular formula is C18H17Cl3FN3OS. The largest absolute Gasteiger partial charge is 0.350 e. The Hall–Kier alpha value is -1.47. The number of amidine groups is 1. The normalized spacial score (nSPS) is 17.7. The van der Waals surface area contributed by atoms with Gasteiger partial charge in [-0.2, -0.15) is 0 Å². The maximum atomic E-state index is 13.8. The molecule has 0 aromatic heterocycles. The van der Waals surface area contributed by atoms with Crippen molar-refractivity contribution in [3.05, 3.63) is 58.3 Å². The van der Waals surface area contributed by atoms with Gasteiger partial charge in [0.2, 0.25) is 5.91 Å². The molecule has 0 saturated carbocycles. The van der Waals surface area contributed by atoms with Crippen LogP contribution in [0.3, 0.4) is 0 Å². The molecule has 2 aromatic carbocycles. The Morgan fingerprint density at radius 1 is 1.26 bits per heavy atom. The van der Waals surface area contributed by atoms with Gasteiger partial charge in [0.15, 0.2) is 5.17 Å². The molecule has 1 aliphatic rings. The first-order valence-corrected chi connectivity index (χ1v) is 9.61. The topological polar surface area (TPSA) is 44.7 Å². The molecule has 1 amide bonds. The van der Waals surface area contributed by atoms with Gasteiger partial charge in [0, 0.05) is 35.3 Å². The number of carbonyl (C=O) groups excluding carboxylic acids is 1. The zero-order valence-corrected chi connectivity index (χ0v) is 17.4. The van der Waals surface area contributed by atoms with E-state index < -0.39 is 5.82 Å². The van der Waals surface area contributed by atoms with Crippen molar-refractivity contribution < 1.29 is 9.18 Å². The number of nitrogens with one attached hydrogen (secondary N) is 1. The minimum Gasteiger partial charge on any atom is -0.350 e. The fourth-order valence-electron chi connectivity index (χ4n) is 2.48. The van der Waals surface area contributed by atoms with Crippen LogP contribution < -0.4 is 5.32 Å². The average molecular weight is 449 g/mol. The lowest BCUT2D eigenvalue weighted by molar-refractivity contribution is -0.116. The van der Waals surface area contributed by atoms with Crippen molar-refractivity contribution in [3.8, 4) is 0 Å². The Bertz CT molecular complexity index is 848. The lowest BCUT2D eigenvalue weighted by Gasteiger charge is -2.20. The Labute approximate surface area is 177 Å². The van der Waals surface area contributed by atoms with Gasteiger partial charge in [-0.25, -0.2) is 9.38 Å². The first kappa shape index (κ1) is 21.8. The lowest BCUT2D eigenvalue weighted by atomic mass is 10.2. The Kier molecular flexibility index (Phi) is 7.79. The molecule has 2 aromatic rings. The summed E-state index contributed by atoms with van der Waals surface area (Å²) < 4.78 is 13.8. The van der Waals surface area contributed by atoms with Crippen LogP contribution in [-0.2, 0) is 4.79 Å². The molecule has 144 valence electrons. The molecule has 0 aliphatic carbocycles. The van der Waals surface area contributed by atoms with Crippen LogP contribution in [0.15, 0.2) is 47.5 Å². The SMILES string of the molecule is CN1C(=Nc2ccc(Cl)cc2)SCC1CC(=O)Nc1ccc(Cl)cc1F.Cl. The standard InChI is InChI=1S/C18H16Cl2FN3OS.ClH/c1-24-14(9-17(25)23-16-7-4-12(20)8-15(16)21)10-26-18(24)22-13-5-2-11(19)3-6-13;/h2-8,14H,9-10H2,1H3,(H,23,25);1H. The quantitative estimate of drug-likeness (QED) is 0.660. The number of anilines is 1. The van der Waals surface area contributed by atoms with E-state index in [4.69, 9.17) is 23.2 Å². The third-order valence-electron chi connectivity index (χ3n) is 3.93. The molecule has 27 heavy (non-hydrogen) atoms. The Morgan fingerprint density at radius 3 is 2.59 bits per heavy atom. The van der Waals surface area contributed by atoms with E-state index in [0.29, 0.717) is 5.02 Å². The second-order valence-corrected chi connectivity index (χ2v) is 7.68. The number of aliphatic imine (C=N–C) groups is 1. The van der Waals surface area contributed by atoms with E-state index in [1.165, 1.54) is 18.2 Å². The third-order valence-corrected chi connectivity index (χ3v) is 5.61. The number of hydrogen-bond acceptors (Lipinski definition) is 3. The summed E-state index contributed by atoms with van der Waals surface area (Å²) in [6, 6.07) is 11.4. The summed E-state index contributed by atoms with van der Waals surface area (Å²) in [5.41, 5.74) is 0.930. The molecule has 0 spiro atoms. The van der Waals surface area contributed by atoms with Crippen LogP contribution in [0.4, 0.5) is 15.8 Å². The highest BCUT2D eigenvalue weighted by atomic mass is 35.5. The number of carbonyl (C=O) groups is 1. The van der Waals surface area contributed by atoms with Crippen molar-refractivity contribution in [2.75, 3.05) is 18.1 Å². The molecule has 1 aliphatic heterocycles. The summed E-state index contributed by atoms with van der Waals surface area (Å²) in [5.74, 6) is -0.0687. The molecule has 4 nitrogen and oxygen atoms in total. The highest BCUT2D eigenvalue weighted by Gasteiger charge is 2.29. The lowest BCUT2D eigenvalue weighted by Crippen LogP contribution is -2.33. The molecule has 1 N–H and O–H groups in total. The number of halogens is 4. The summed E-state index contributed by atoms with van der Waals surface area (Å²) in [7, 11) is 1.90. The smallest absolute Gasteiger partial charge is 0.226 e. The van der Waals surface area contributed by atoms with Gasteiger partial charge in [0.25, 0.3) is 0 Å². The highest BCUT2D eigenvalue weighted by molar-refractivity contribution is 8.14. The first-order chi connectivity index (χ1) is 12.4. The molecule has 3 rings (SSSR count). The summed E-state index contributed by atoms with van der Waals surface area (Å²) >= 11 is 13.2. The van der Waals surface area contributed by atoms with Crippen molar-refractivity contribution in [1.82, 2.24) is 4.90 Å². The van der Waals surface area contributed by atoms with E-state index >= 15 is 0 Å². The maximum absolute atomic E-state index is 13.8. The van der Waals surface area contributed by atoms with Crippen LogP contribution in [0.5, 0.6) is 0 Å². The van der Waals surface area contributed by atoms with E-state index in [1.807, 2.05) is 24.1 Å². The van der Waals surface area contributed by atoms with Crippen LogP contribution >= 0.6 is 47.4 Å². The molecule has 1 heterocycles. The second kappa shape index (κ2) is 9.64. The first-order valence-electron chi connectivity index (χ1n) is 7.87. The van der Waals surface area contributed by atoms with E-state index in [-0.39, 0.29) is 41.5 Å². The van der Waals surface area contributed by atoms with Crippen molar-refractivity contribution in [3.63, 3.8) is 0 Å². The molecule has 0 bridgehead atoms. The summed E-state index contributed by atoms with van der Waals surface area (Å²) in [5, 5.41) is 4.37. The predicted molar refractivity (Wildman–Crippen MR) is 114 cm³/mol. The van der Waals surface area contributed by atoms with Gasteiger partial charge in [0.05, 0.1) is 11.4 Å². The van der Waals surface area contributed by atoms with Crippen molar-refractivity contribution in [2.24, 2.45) is 4.99 Å². The van der Waals surface area contributed by atoms with Crippen LogP contribution in [0.2, 0.25) is 10.0 Å². The number of rotatable bonds is 4. The summed E-state index contributed by atoms with van der Waals surface area (Å²) in [6.45, 7) is 0. The number of benzene rings is 2. The fraction of sp³-hybridized carbons (Fsp3) is 0.222. The molecule has 9 heteroatoms. The van der Waals surface area contributed by atoms with Gasteiger partial charge < -0.3 is 10.2 Å². The van der Waals surface area contributed by atoms with Gasteiger partial charge in [-0.3, -0.25) is 4.79 Å². The van der Waals surface area contributed by atoms with Crippen molar-refractivity contribution >= 4 is 69.8 Å². The fourth-order valence-corrected chi connectivity index (χ4v) is 3.97. The zero-order valence-electron chi connectivity index (χ0n) is 14.3. The summed E-state index contributed by atoms with van der Waals surface area (Å²) in [4.78, 5) is 18.8. The van der Waals surface area contributed by atoms with Gasteiger partial charge in [-0.05, 0) is 42.5 Å². The van der Waals surface area contributed by atoms with Gasteiger partial charge in [-0.15, -0.1) is 12.4 Å². The van der Waals surface area contributed by atoms with Crippen molar-refractivity contribution in [2.45, 2.75) is 12.5 Å². The molecule has 1 unspecified atom stereocenters. The van der Waals surface area contributed by atoms with E-state index in [0.717, 1.165) is 16.6 Å². The Morgan fingerprint density at radius 2 is 1.93 bits per heavy atom. The number of amides is 1. The van der Waals surface area contributed by atoms with Gasteiger partial charge >= 0.3 is 0 Å². The zero-order chi connectivity index (χ0) is 18.7. The molecular weight excluding hydrogens is 432 g/mol. The molecule has 0 radical (unpaired) electrons. The van der Waals surface area contributed by atoms with Crippen LogP contribution in [0.25, 0.3) is 0 Å². The van der Waals surface area contributed by atoms with E-state index in [9.17, 15) is 9.18 Å². The minimum absolute atomic E-state index is 0. The van der Waals surface area contributed by atoms with Gasteiger partial charge in [-0.1, -0.05) is 35.0 Å². The van der Waals surface area contributed by atoms with Gasteiger partial charge in [0.1, 0.15) is 5.82 Å². The van der Waals surface area contributed by atoms with E-state index in [2.05, 4.69) is 10.3 Å². The number of hydrogen-bond donors (Lipinski definition) is 1. The average Bonchev–Trinajstić information content (AvgIpc) is 2.93. The van der Waals surface area contributed by atoms with E-state index in [1.54, 1.807) is 23.9 Å². The monoisotopic (exact) mass is 447 g/mol. The highest BCUT2D eigenvalue weighted by Crippen LogP contribution is 2.28. The predicted octanol–water partition coefficient (Wildman–Crippen LogP) is 5.62. The number of thioether (sulfide) groups is 1. The van der Waals surface area contributed by atoms with Crippen molar-refractivity contribution in [1.29, 1.82) is 0 Å². The molecule has 1 atom stereocenters.